The maximum absolute atomic E-state index is 12.5. The number of aliphatic hydroxyl groups excluding tert-OH is 1. The molecule has 1 aliphatic heterocycles. The molecular weight excluding hydrogens is 242 g/mol. The Balaban J connectivity index is 2.18. The topological polar surface area (TPSA) is 49.8 Å². The number of rotatable bonds is 2. The van der Waals surface area contributed by atoms with E-state index in [9.17, 15) is 9.90 Å². The molecule has 1 N–H and O–H groups in total. The van der Waals surface area contributed by atoms with Crippen LogP contribution in [0.2, 0.25) is 0 Å². The zero-order chi connectivity index (χ0) is 14.0. The SMILES string of the molecule is Cc1cccc(C(=O)N2CC(CO)OC(C)(C)C2)c1. The van der Waals surface area contributed by atoms with Gasteiger partial charge in [-0.25, -0.2) is 0 Å². The molecule has 1 aromatic carbocycles. The maximum atomic E-state index is 12.5. The first kappa shape index (κ1) is 14.0. The van der Waals surface area contributed by atoms with Crippen molar-refractivity contribution < 1.29 is 14.6 Å². The summed E-state index contributed by atoms with van der Waals surface area (Å²) in [5.74, 6) is -0.00137. The molecule has 1 aliphatic rings. The third kappa shape index (κ3) is 3.33. The molecule has 0 saturated carbocycles. The summed E-state index contributed by atoms with van der Waals surface area (Å²) in [5.41, 5.74) is 1.33. The summed E-state index contributed by atoms with van der Waals surface area (Å²) in [5, 5.41) is 9.27. The molecule has 4 nitrogen and oxygen atoms in total. The van der Waals surface area contributed by atoms with Gasteiger partial charge >= 0.3 is 0 Å². The second-order valence-corrected chi connectivity index (χ2v) is 5.74. The fraction of sp³-hybridized carbons (Fsp3) is 0.533. The molecule has 0 radical (unpaired) electrons. The Morgan fingerprint density at radius 2 is 2.26 bits per heavy atom. The molecule has 1 atom stereocenters. The molecule has 0 aliphatic carbocycles. The summed E-state index contributed by atoms with van der Waals surface area (Å²) in [6.45, 7) is 6.75. The van der Waals surface area contributed by atoms with Crippen molar-refractivity contribution in [1.82, 2.24) is 4.90 Å². The number of morpholine rings is 1. The van der Waals surface area contributed by atoms with Crippen molar-refractivity contribution in [3.8, 4) is 0 Å². The van der Waals surface area contributed by atoms with Crippen molar-refractivity contribution >= 4 is 5.91 Å². The lowest BCUT2D eigenvalue weighted by Gasteiger charge is -2.42. The highest BCUT2D eigenvalue weighted by molar-refractivity contribution is 5.94. The Bertz CT molecular complexity index is 470. The van der Waals surface area contributed by atoms with Gasteiger partial charge in [0.1, 0.15) is 0 Å². The van der Waals surface area contributed by atoms with E-state index in [1.807, 2.05) is 45.0 Å². The van der Waals surface area contributed by atoms with Gasteiger partial charge in [0.05, 0.1) is 18.3 Å². The van der Waals surface area contributed by atoms with Gasteiger partial charge in [-0.15, -0.1) is 0 Å². The molecule has 0 spiro atoms. The molecule has 1 heterocycles. The largest absolute Gasteiger partial charge is 0.394 e. The summed E-state index contributed by atoms with van der Waals surface area (Å²) in [6.07, 6.45) is -0.308. The molecule has 1 saturated heterocycles. The van der Waals surface area contributed by atoms with Crippen molar-refractivity contribution in [1.29, 1.82) is 0 Å². The first-order valence-electron chi connectivity index (χ1n) is 6.56. The summed E-state index contributed by atoms with van der Waals surface area (Å²) in [7, 11) is 0. The molecule has 0 bridgehead atoms. The smallest absolute Gasteiger partial charge is 0.254 e. The van der Waals surface area contributed by atoms with Crippen molar-refractivity contribution in [3.63, 3.8) is 0 Å². The van der Waals surface area contributed by atoms with Crippen molar-refractivity contribution in [2.75, 3.05) is 19.7 Å². The van der Waals surface area contributed by atoms with Gasteiger partial charge in [0, 0.05) is 18.7 Å². The molecule has 1 fully saturated rings. The van der Waals surface area contributed by atoms with Crippen LogP contribution in [0.25, 0.3) is 0 Å². The van der Waals surface area contributed by atoms with Crippen LogP contribution in [0.1, 0.15) is 29.8 Å². The third-order valence-electron chi connectivity index (χ3n) is 3.24. The summed E-state index contributed by atoms with van der Waals surface area (Å²) >= 11 is 0. The van der Waals surface area contributed by atoms with Crippen LogP contribution in [0, 0.1) is 6.92 Å². The molecule has 1 unspecified atom stereocenters. The Kier molecular flexibility index (Phi) is 3.92. The summed E-state index contributed by atoms with van der Waals surface area (Å²) in [6, 6.07) is 7.57. The fourth-order valence-corrected chi connectivity index (χ4v) is 2.51. The molecule has 4 heteroatoms. The number of hydrogen-bond acceptors (Lipinski definition) is 3. The quantitative estimate of drug-likeness (QED) is 0.882. The minimum absolute atomic E-state index is 0.00137. The Morgan fingerprint density at radius 3 is 2.89 bits per heavy atom. The van der Waals surface area contributed by atoms with Gasteiger partial charge in [-0.05, 0) is 32.9 Å². The van der Waals surface area contributed by atoms with E-state index in [2.05, 4.69) is 0 Å². The molecule has 1 amide bonds. The first-order chi connectivity index (χ1) is 8.91. The van der Waals surface area contributed by atoms with E-state index in [1.165, 1.54) is 0 Å². The standard InChI is InChI=1S/C15H21NO3/c1-11-5-4-6-12(7-11)14(18)16-8-13(9-17)19-15(2,3)10-16/h4-7,13,17H,8-10H2,1-3H3. The maximum Gasteiger partial charge on any atom is 0.254 e. The second kappa shape index (κ2) is 5.31. The van der Waals surface area contributed by atoms with Gasteiger partial charge in [-0.2, -0.15) is 0 Å². The monoisotopic (exact) mass is 263 g/mol. The van der Waals surface area contributed by atoms with E-state index in [4.69, 9.17) is 4.74 Å². The number of aliphatic hydroxyl groups is 1. The highest BCUT2D eigenvalue weighted by atomic mass is 16.5. The highest BCUT2D eigenvalue weighted by Gasteiger charge is 2.35. The van der Waals surface area contributed by atoms with Gasteiger partial charge in [0.25, 0.3) is 5.91 Å². The zero-order valence-electron chi connectivity index (χ0n) is 11.7. The van der Waals surface area contributed by atoms with E-state index in [0.29, 0.717) is 18.7 Å². The van der Waals surface area contributed by atoms with Crippen LogP contribution >= 0.6 is 0 Å². The van der Waals surface area contributed by atoms with Crippen LogP contribution in [0.3, 0.4) is 0 Å². The number of carbonyl (C=O) groups excluding carboxylic acids is 1. The Hall–Kier alpha value is -1.39. The average molecular weight is 263 g/mol. The number of carbonyl (C=O) groups is 1. The zero-order valence-corrected chi connectivity index (χ0v) is 11.7. The Morgan fingerprint density at radius 1 is 1.53 bits per heavy atom. The normalized spacial score (nSPS) is 22.3. The van der Waals surface area contributed by atoms with E-state index < -0.39 is 5.60 Å². The molecule has 104 valence electrons. The number of nitrogens with zero attached hydrogens (tertiary/aromatic N) is 1. The molecular formula is C15H21NO3. The van der Waals surface area contributed by atoms with Crippen molar-refractivity contribution in [3.05, 3.63) is 35.4 Å². The molecule has 2 rings (SSSR count). The molecule has 19 heavy (non-hydrogen) atoms. The second-order valence-electron chi connectivity index (χ2n) is 5.74. The van der Waals surface area contributed by atoms with Crippen LogP contribution in [0.15, 0.2) is 24.3 Å². The average Bonchev–Trinajstić information content (AvgIpc) is 2.36. The first-order valence-corrected chi connectivity index (χ1v) is 6.56. The van der Waals surface area contributed by atoms with Crippen molar-refractivity contribution in [2.45, 2.75) is 32.5 Å². The van der Waals surface area contributed by atoms with Crippen LogP contribution in [-0.2, 0) is 4.74 Å². The number of benzene rings is 1. The lowest BCUT2D eigenvalue weighted by Crippen LogP contribution is -2.55. The van der Waals surface area contributed by atoms with E-state index in [0.717, 1.165) is 5.56 Å². The van der Waals surface area contributed by atoms with Crippen LogP contribution in [0.4, 0.5) is 0 Å². The van der Waals surface area contributed by atoms with Gasteiger partial charge in [-0.1, -0.05) is 17.7 Å². The highest BCUT2D eigenvalue weighted by Crippen LogP contribution is 2.22. The molecule has 0 aromatic heterocycles. The van der Waals surface area contributed by atoms with E-state index in [-0.39, 0.29) is 18.6 Å². The lowest BCUT2D eigenvalue weighted by molar-refractivity contribution is -0.139. The summed E-state index contributed by atoms with van der Waals surface area (Å²) in [4.78, 5) is 14.3. The number of ether oxygens (including phenoxy) is 1. The van der Waals surface area contributed by atoms with Crippen LogP contribution < -0.4 is 0 Å². The predicted molar refractivity (Wildman–Crippen MR) is 73.1 cm³/mol. The molecule has 1 aromatic rings. The van der Waals surface area contributed by atoms with Gasteiger partial charge in [0.15, 0.2) is 0 Å². The van der Waals surface area contributed by atoms with E-state index in [1.54, 1.807) is 4.90 Å². The number of hydrogen-bond donors (Lipinski definition) is 1. The van der Waals surface area contributed by atoms with Crippen LogP contribution in [-0.4, -0.2) is 47.3 Å². The van der Waals surface area contributed by atoms with Gasteiger partial charge in [-0.3, -0.25) is 4.79 Å². The van der Waals surface area contributed by atoms with Crippen LogP contribution in [0.5, 0.6) is 0 Å². The number of aryl methyl sites for hydroxylation is 1. The minimum atomic E-state index is -0.425. The van der Waals surface area contributed by atoms with Crippen molar-refractivity contribution in [2.24, 2.45) is 0 Å². The van der Waals surface area contributed by atoms with Gasteiger partial charge < -0.3 is 14.7 Å². The summed E-state index contributed by atoms with van der Waals surface area (Å²) < 4.78 is 5.72. The predicted octanol–water partition coefficient (Wildman–Crippen LogP) is 1.61. The fourth-order valence-electron chi connectivity index (χ4n) is 2.51. The van der Waals surface area contributed by atoms with E-state index >= 15 is 0 Å². The number of amides is 1. The lowest BCUT2D eigenvalue weighted by atomic mass is 10.0. The third-order valence-corrected chi connectivity index (χ3v) is 3.24. The van der Waals surface area contributed by atoms with Gasteiger partial charge in [0.2, 0.25) is 0 Å². The minimum Gasteiger partial charge on any atom is -0.394 e. The Labute approximate surface area is 114 Å².